The fraction of sp³-hybridized carbons (Fsp3) is 0.800. The quantitative estimate of drug-likeness (QED) is 0.341. The fourth-order valence-corrected chi connectivity index (χ4v) is 7.14. The molecule has 4 atom stereocenters. The molecule has 0 aromatic carbocycles. The molecule has 0 saturated carbocycles. The first-order valence-electron chi connectivity index (χ1n) is 10.6. The van der Waals surface area contributed by atoms with E-state index in [1.165, 1.54) is 6.92 Å². The largest absolute Gasteiger partial charge is 0.381 e. The van der Waals surface area contributed by atoms with Gasteiger partial charge in [0.15, 0.2) is 11.9 Å². The van der Waals surface area contributed by atoms with Crippen molar-refractivity contribution in [3.8, 4) is 0 Å². The molecule has 31 heavy (non-hydrogen) atoms. The Morgan fingerprint density at radius 2 is 1.84 bits per heavy atom. The number of nitrogens with zero attached hydrogens (tertiary/aromatic N) is 1. The predicted molar refractivity (Wildman–Crippen MR) is 123 cm³/mol. The van der Waals surface area contributed by atoms with Crippen LogP contribution in [-0.4, -0.2) is 93.5 Å². The Morgan fingerprint density at radius 3 is 2.42 bits per heavy atom. The van der Waals surface area contributed by atoms with E-state index in [2.05, 4.69) is 16.0 Å². The summed E-state index contributed by atoms with van der Waals surface area (Å²) in [5, 5.41) is 18.2. The van der Waals surface area contributed by atoms with Gasteiger partial charge < -0.3 is 21.1 Å². The van der Waals surface area contributed by atoms with E-state index in [4.69, 9.17) is 0 Å². The van der Waals surface area contributed by atoms with Crippen LogP contribution in [0.4, 0.5) is 0 Å². The van der Waals surface area contributed by atoms with E-state index in [9.17, 15) is 24.3 Å². The van der Waals surface area contributed by atoms with Crippen LogP contribution in [0.5, 0.6) is 0 Å². The topological polar surface area (TPSA) is 128 Å². The summed E-state index contributed by atoms with van der Waals surface area (Å²) in [7, 11) is 1.93. The highest BCUT2D eigenvalue weighted by Crippen LogP contribution is 2.51. The third-order valence-electron chi connectivity index (χ3n) is 5.63. The molecule has 2 saturated heterocycles. The number of likely N-dealkylation sites (tertiary alicyclic amines) is 1. The molecule has 0 aliphatic carbocycles. The molecule has 3 amide bonds. The number of thioether (sulfide) groups is 2. The van der Waals surface area contributed by atoms with Gasteiger partial charge in [-0.1, -0.05) is 13.3 Å². The number of amides is 3. The summed E-state index contributed by atoms with van der Waals surface area (Å²) in [5.74, 6) is 0.530. The van der Waals surface area contributed by atoms with E-state index < -0.39 is 30.0 Å². The lowest BCUT2D eigenvalue weighted by atomic mass is 10.0. The van der Waals surface area contributed by atoms with Crippen LogP contribution in [0, 0.1) is 0 Å². The fourth-order valence-electron chi connectivity index (χ4n) is 3.75. The lowest BCUT2D eigenvalue weighted by Gasteiger charge is -2.26. The van der Waals surface area contributed by atoms with Crippen molar-refractivity contribution in [1.29, 1.82) is 0 Å². The predicted octanol–water partition coefficient (Wildman–Crippen LogP) is -0.277. The van der Waals surface area contributed by atoms with Gasteiger partial charge in [-0.3, -0.25) is 24.1 Å². The first-order valence-corrected chi connectivity index (χ1v) is 12.6. The molecule has 2 aliphatic heterocycles. The third kappa shape index (κ3) is 7.10. The van der Waals surface area contributed by atoms with Gasteiger partial charge in [-0.05, 0) is 33.7 Å². The Kier molecular flexibility index (Phi) is 9.66. The zero-order valence-electron chi connectivity index (χ0n) is 18.6. The van der Waals surface area contributed by atoms with Crippen LogP contribution in [0.3, 0.4) is 0 Å². The van der Waals surface area contributed by atoms with E-state index in [0.717, 1.165) is 24.5 Å². The molecule has 2 aliphatic rings. The number of rotatable bonds is 10. The van der Waals surface area contributed by atoms with Crippen molar-refractivity contribution < 1.29 is 24.3 Å². The molecular weight excluding hydrogens is 440 g/mol. The molecule has 9 nitrogen and oxygen atoms in total. The van der Waals surface area contributed by atoms with Crippen molar-refractivity contribution in [1.82, 2.24) is 20.9 Å². The van der Waals surface area contributed by atoms with Crippen LogP contribution in [-0.2, 0) is 19.2 Å². The Hall–Kier alpha value is -1.30. The number of ketones is 1. The van der Waals surface area contributed by atoms with Crippen LogP contribution in [0.25, 0.3) is 0 Å². The minimum absolute atomic E-state index is 0.0529. The molecule has 4 N–H and O–H groups in total. The maximum absolute atomic E-state index is 12.9. The highest BCUT2D eigenvalue weighted by atomic mass is 32.2. The number of aliphatic hydroxyl groups is 1. The first kappa shape index (κ1) is 26.0. The van der Waals surface area contributed by atoms with Gasteiger partial charge in [0, 0.05) is 18.1 Å². The normalized spacial score (nSPS) is 23.2. The Bertz CT molecular complexity index is 686. The number of hydrogen-bond acceptors (Lipinski definition) is 8. The van der Waals surface area contributed by atoms with Gasteiger partial charge >= 0.3 is 0 Å². The SMILES string of the molecule is CCCC(NC(=O)C1CC2(CN1C)SCCS2)C(O)C(=O)NCC(=O)N[C@@H](C)C(C)=O. The lowest BCUT2D eigenvalue weighted by molar-refractivity contribution is -0.135. The molecule has 3 unspecified atom stereocenters. The van der Waals surface area contributed by atoms with Crippen LogP contribution < -0.4 is 16.0 Å². The van der Waals surface area contributed by atoms with Crippen molar-refractivity contribution in [2.45, 2.75) is 68.3 Å². The van der Waals surface area contributed by atoms with E-state index in [1.54, 1.807) is 6.92 Å². The number of aliphatic hydroxyl groups excluding tert-OH is 1. The second-order valence-electron chi connectivity index (χ2n) is 8.21. The molecule has 2 rings (SSSR count). The van der Waals surface area contributed by atoms with Gasteiger partial charge in [0.2, 0.25) is 11.8 Å². The van der Waals surface area contributed by atoms with Gasteiger partial charge in [-0.15, -0.1) is 23.5 Å². The highest BCUT2D eigenvalue weighted by Gasteiger charge is 2.48. The van der Waals surface area contributed by atoms with Gasteiger partial charge in [0.1, 0.15) is 0 Å². The number of carbonyl (C=O) groups is 4. The van der Waals surface area contributed by atoms with Crippen molar-refractivity contribution in [3.05, 3.63) is 0 Å². The summed E-state index contributed by atoms with van der Waals surface area (Å²) >= 11 is 3.80. The second-order valence-corrected chi connectivity index (χ2v) is 11.4. The Balaban J connectivity index is 1.90. The number of carbonyl (C=O) groups excluding carboxylic acids is 4. The summed E-state index contributed by atoms with van der Waals surface area (Å²) < 4.78 is 0.0529. The van der Waals surface area contributed by atoms with E-state index in [-0.39, 0.29) is 28.4 Å². The number of likely N-dealkylation sites (N-methyl/N-ethyl adjacent to an activating group) is 1. The Labute approximate surface area is 192 Å². The maximum Gasteiger partial charge on any atom is 0.251 e. The molecule has 176 valence electrons. The van der Waals surface area contributed by atoms with Crippen LogP contribution in [0.2, 0.25) is 0 Å². The molecular formula is C20H34N4O5S2. The van der Waals surface area contributed by atoms with Gasteiger partial charge in [-0.25, -0.2) is 0 Å². The van der Waals surface area contributed by atoms with Crippen LogP contribution in [0.1, 0.15) is 40.0 Å². The standard InChI is InChI=1S/C20H34N4O5S2/c1-5-6-14(17(27)19(29)21-10-16(26)22-12(2)13(3)25)23-18(28)15-9-20(11-24(15)4)30-7-8-31-20/h12,14-15,17,27H,5-11H2,1-4H3,(H,21,29)(H,22,26)(H,23,28)/t12-,14?,15?,17?/m0/s1. The minimum atomic E-state index is -1.47. The molecule has 11 heteroatoms. The van der Waals surface area contributed by atoms with Gasteiger partial charge in [0.05, 0.1) is 28.7 Å². The summed E-state index contributed by atoms with van der Waals surface area (Å²) in [5.41, 5.74) is 0. The Morgan fingerprint density at radius 1 is 1.19 bits per heavy atom. The van der Waals surface area contributed by atoms with E-state index in [0.29, 0.717) is 12.8 Å². The van der Waals surface area contributed by atoms with Crippen molar-refractivity contribution in [2.24, 2.45) is 0 Å². The molecule has 2 heterocycles. The second kappa shape index (κ2) is 11.5. The molecule has 0 radical (unpaired) electrons. The zero-order valence-corrected chi connectivity index (χ0v) is 20.2. The summed E-state index contributed by atoms with van der Waals surface area (Å²) in [6, 6.07) is -1.69. The van der Waals surface area contributed by atoms with Crippen molar-refractivity contribution in [2.75, 3.05) is 31.6 Å². The molecule has 0 aromatic heterocycles. The summed E-state index contributed by atoms with van der Waals surface area (Å²) in [4.78, 5) is 50.4. The highest BCUT2D eigenvalue weighted by molar-refractivity contribution is 8.21. The number of nitrogens with one attached hydrogen (secondary N) is 3. The summed E-state index contributed by atoms with van der Waals surface area (Å²) in [6.07, 6.45) is 0.360. The average molecular weight is 475 g/mol. The monoisotopic (exact) mass is 474 g/mol. The lowest BCUT2D eigenvalue weighted by Crippen LogP contribution is -2.55. The summed E-state index contributed by atoms with van der Waals surface area (Å²) in [6.45, 7) is 5.29. The smallest absolute Gasteiger partial charge is 0.251 e. The van der Waals surface area contributed by atoms with Crippen molar-refractivity contribution in [3.63, 3.8) is 0 Å². The molecule has 0 aromatic rings. The minimum Gasteiger partial charge on any atom is -0.381 e. The number of hydrogen-bond donors (Lipinski definition) is 4. The third-order valence-corrected chi connectivity index (χ3v) is 9.06. The first-order chi connectivity index (χ1) is 14.6. The van der Waals surface area contributed by atoms with Gasteiger partial charge in [-0.2, -0.15) is 0 Å². The van der Waals surface area contributed by atoms with Gasteiger partial charge in [0.25, 0.3) is 5.91 Å². The molecule has 2 fully saturated rings. The average Bonchev–Trinajstić information content (AvgIpc) is 3.30. The maximum atomic E-state index is 12.9. The van der Waals surface area contributed by atoms with E-state index >= 15 is 0 Å². The molecule has 1 spiro atoms. The van der Waals surface area contributed by atoms with Crippen LogP contribution in [0.15, 0.2) is 0 Å². The van der Waals surface area contributed by atoms with Crippen LogP contribution >= 0.6 is 23.5 Å². The van der Waals surface area contributed by atoms with Crippen molar-refractivity contribution >= 4 is 47.0 Å². The molecule has 0 bridgehead atoms. The zero-order chi connectivity index (χ0) is 23.2. The van der Waals surface area contributed by atoms with E-state index in [1.807, 2.05) is 42.4 Å². The number of Topliss-reactive ketones (excluding diaryl/α,β-unsaturated/α-hetero) is 1.